The second-order valence-electron chi connectivity index (χ2n) is 6.93. The van der Waals surface area contributed by atoms with Gasteiger partial charge in [0, 0.05) is 30.9 Å². The first-order valence-electron chi connectivity index (χ1n) is 9.50. The predicted molar refractivity (Wildman–Crippen MR) is 112 cm³/mol. The van der Waals surface area contributed by atoms with Crippen molar-refractivity contribution in [3.63, 3.8) is 0 Å². The molecule has 3 heterocycles. The number of anilines is 1. The van der Waals surface area contributed by atoms with Crippen LogP contribution in [-0.2, 0) is 6.42 Å². The van der Waals surface area contributed by atoms with Crippen LogP contribution in [0, 0.1) is 11.3 Å². The van der Waals surface area contributed by atoms with Gasteiger partial charge in [0.25, 0.3) is 0 Å². The molecule has 1 aromatic carbocycles. The number of nitriles is 1. The summed E-state index contributed by atoms with van der Waals surface area (Å²) in [6, 6.07) is 8.22. The lowest BCUT2D eigenvalue weighted by atomic mass is 10.1. The molecular formula is C21H23N5OS. The Balaban J connectivity index is 1.30. The Kier molecular flexibility index (Phi) is 5.70. The molecule has 1 aliphatic heterocycles. The molecule has 0 aliphatic carbocycles. The number of benzene rings is 1. The van der Waals surface area contributed by atoms with Gasteiger partial charge in [-0.3, -0.25) is 4.90 Å². The van der Waals surface area contributed by atoms with E-state index in [4.69, 9.17) is 10.00 Å². The number of aromatic nitrogens is 2. The third kappa shape index (κ3) is 3.93. The first-order valence-corrected chi connectivity index (χ1v) is 10.4. The molecule has 1 saturated heterocycles. The van der Waals surface area contributed by atoms with Crippen molar-refractivity contribution in [3.8, 4) is 11.8 Å². The van der Waals surface area contributed by atoms with Crippen molar-refractivity contribution in [2.45, 2.75) is 12.8 Å². The van der Waals surface area contributed by atoms with Gasteiger partial charge < -0.3 is 9.64 Å². The van der Waals surface area contributed by atoms with Crippen molar-refractivity contribution < 1.29 is 4.74 Å². The Bertz CT molecular complexity index is 988. The molecule has 4 rings (SSSR count). The van der Waals surface area contributed by atoms with Crippen LogP contribution in [0.3, 0.4) is 0 Å². The zero-order valence-corrected chi connectivity index (χ0v) is 16.8. The summed E-state index contributed by atoms with van der Waals surface area (Å²) in [4.78, 5) is 13.2. The number of fused-ring (bicyclic) bond motifs is 1. The van der Waals surface area contributed by atoms with Gasteiger partial charge in [0.05, 0.1) is 24.9 Å². The smallest absolute Gasteiger partial charge is 0.179 e. The number of methoxy groups -OCH3 is 1. The van der Waals surface area contributed by atoms with Crippen molar-refractivity contribution in [3.05, 3.63) is 47.2 Å². The Labute approximate surface area is 169 Å². The predicted octanol–water partition coefficient (Wildman–Crippen LogP) is 3.33. The highest BCUT2D eigenvalue weighted by Crippen LogP contribution is 2.28. The second-order valence-corrected chi connectivity index (χ2v) is 7.84. The van der Waals surface area contributed by atoms with Gasteiger partial charge in [-0.2, -0.15) is 5.26 Å². The maximum atomic E-state index is 9.14. The first-order chi connectivity index (χ1) is 13.8. The van der Waals surface area contributed by atoms with Crippen molar-refractivity contribution in [2.75, 3.05) is 44.7 Å². The van der Waals surface area contributed by atoms with E-state index < -0.39 is 0 Å². The van der Waals surface area contributed by atoms with Crippen LogP contribution >= 0.6 is 11.3 Å². The summed E-state index contributed by atoms with van der Waals surface area (Å²) in [6.07, 6.45) is 5.47. The molecule has 2 aromatic heterocycles. The number of nitrogens with zero attached hydrogens (tertiary/aromatic N) is 5. The zero-order valence-electron chi connectivity index (χ0n) is 16.0. The summed E-state index contributed by atoms with van der Waals surface area (Å²) in [5, 5.41) is 12.6. The Hall–Kier alpha value is -2.69. The molecular weight excluding hydrogens is 370 g/mol. The second kappa shape index (κ2) is 8.55. The molecule has 3 aromatic rings. The van der Waals surface area contributed by atoms with Gasteiger partial charge in [-0.05, 0) is 53.9 Å². The normalized spacial score (nSPS) is 14.9. The largest absolute Gasteiger partial charge is 0.491 e. The minimum Gasteiger partial charge on any atom is -0.491 e. The van der Waals surface area contributed by atoms with Gasteiger partial charge in [0.2, 0.25) is 0 Å². The fourth-order valence-corrected chi connectivity index (χ4v) is 4.69. The first kappa shape index (κ1) is 18.7. The van der Waals surface area contributed by atoms with Crippen molar-refractivity contribution in [1.82, 2.24) is 14.9 Å². The number of hydrogen-bond acceptors (Lipinski definition) is 7. The van der Waals surface area contributed by atoms with Crippen LogP contribution in [0.2, 0.25) is 0 Å². The Morgan fingerprint density at radius 1 is 1.25 bits per heavy atom. The minimum atomic E-state index is 0.733. The van der Waals surface area contributed by atoms with Gasteiger partial charge in [0.15, 0.2) is 11.6 Å². The number of piperazine rings is 1. The van der Waals surface area contributed by atoms with Crippen LogP contribution in [0.4, 0.5) is 5.82 Å². The third-order valence-electron chi connectivity index (χ3n) is 5.25. The topological polar surface area (TPSA) is 65.3 Å². The van der Waals surface area contributed by atoms with E-state index >= 15 is 0 Å². The van der Waals surface area contributed by atoms with E-state index in [0.717, 1.165) is 62.7 Å². The molecule has 7 heteroatoms. The molecule has 1 aliphatic rings. The number of aryl methyl sites for hydroxylation is 1. The summed E-state index contributed by atoms with van der Waals surface area (Å²) in [5.41, 5.74) is 2.10. The van der Waals surface area contributed by atoms with Gasteiger partial charge >= 0.3 is 0 Å². The average molecular weight is 394 g/mol. The fourth-order valence-electron chi connectivity index (χ4n) is 3.71. The summed E-state index contributed by atoms with van der Waals surface area (Å²) in [7, 11) is 1.66. The maximum Gasteiger partial charge on any atom is 0.179 e. The van der Waals surface area contributed by atoms with Crippen LogP contribution in [0.25, 0.3) is 10.1 Å². The summed E-state index contributed by atoms with van der Waals surface area (Å²) >= 11 is 1.77. The summed E-state index contributed by atoms with van der Waals surface area (Å²) in [6.45, 7) is 5.02. The van der Waals surface area contributed by atoms with Gasteiger partial charge in [0.1, 0.15) is 6.33 Å². The van der Waals surface area contributed by atoms with Gasteiger partial charge in [-0.15, -0.1) is 11.3 Å². The number of rotatable bonds is 6. The van der Waals surface area contributed by atoms with E-state index in [2.05, 4.69) is 37.3 Å². The summed E-state index contributed by atoms with van der Waals surface area (Å²) < 4.78 is 6.65. The van der Waals surface area contributed by atoms with Crippen molar-refractivity contribution in [1.29, 1.82) is 5.26 Å². The van der Waals surface area contributed by atoms with Crippen molar-refractivity contribution >= 4 is 27.2 Å². The zero-order chi connectivity index (χ0) is 19.3. The Morgan fingerprint density at radius 2 is 2.11 bits per heavy atom. The molecule has 0 atom stereocenters. The molecule has 0 N–H and O–H groups in total. The van der Waals surface area contributed by atoms with Gasteiger partial charge in [-0.1, -0.05) is 0 Å². The van der Waals surface area contributed by atoms with E-state index in [9.17, 15) is 0 Å². The fraction of sp³-hybridized carbons (Fsp3) is 0.381. The lowest BCUT2D eigenvalue weighted by Gasteiger charge is -2.35. The number of ether oxygens (including phenoxy) is 1. The SMILES string of the molecule is COc1cncnc1N1CCN(CCCc2csc3ccc(C#N)cc23)CC1. The van der Waals surface area contributed by atoms with E-state index in [1.165, 1.54) is 15.6 Å². The maximum absolute atomic E-state index is 9.14. The summed E-state index contributed by atoms with van der Waals surface area (Å²) in [5.74, 6) is 1.62. The number of thiophene rings is 1. The Morgan fingerprint density at radius 3 is 2.89 bits per heavy atom. The molecule has 144 valence electrons. The van der Waals surface area contributed by atoms with Crippen LogP contribution in [0.15, 0.2) is 36.1 Å². The van der Waals surface area contributed by atoms with E-state index in [0.29, 0.717) is 0 Å². The highest BCUT2D eigenvalue weighted by Gasteiger charge is 2.20. The molecule has 28 heavy (non-hydrogen) atoms. The van der Waals surface area contributed by atoms with E-state index in [1.807, 2.05) is 12.1 Å². The van der Waals surface area contributed by atoms with Crippen LogP contribution in [-0.4, -0.2) is 54.7 Å². The lowest BCUT2D eigenvalue weighted by Crippen LogP contribution is -2.47. The van der Waals surface area contributed by atoms with Crippen LogP contribution < -0.4 is 9.64 Å². The van der Waals surface area contributed by atoms with Crippen LogP contribution in [0.5, 0.6) is 5.75 Å². The molecule has 6 nitrogen and oxygen atoms in total. The third-order valence-corrected chi connectivity index (χ3v) is 6.27. The molecule has 0 saturated carbocycles. The van der Waals surface area contributed by atoms with E-state index in [1.54, 1.807) is 31.0 Å². The molecule has 0 amide bonds. The highest BCUT2D eigenvalue weighted by atomic mass is 32.1. The quantitative estimate of drug-likeness (QED) is 0.640. The minimum absolute atomic E-state index is 0.733. The molecule has 1 fully saturated rings. The molecule has 0 radical (unpaired) electrons. The average Bonchev–Trinajstić information content (AvgIpc) is 3.16. The standard InChI is InChI=1S/C21H23N5OS/c1-27-19-13-23-15-24-21(19)26-9-7-25(8-10-26)6-2-3-17-14-28-20-5-4-16(12-22)11-18(17)20/h4-5,11,13-15H,2-3,6-10H2,1H3. The van der Waals surface area contributed by atoms with Crippen molar-refractivity contribution in [2.24, 2.45) is 0 Å². The van der Waals surface area contributed by atoms with Crippen LogP contribution in [0.1, 0.15) is 17.5 Å². The molecule has 0 bridgehead atoms. The van der Waals surface area contributed by atoms with Gasteiger partial charge in [-0.25, -0.2) is 9.97 Å². The number of hydrogen-bond donors (Lipinski definition) is 0. The molecule has 0 spiro atoms. The highest BCUT2D eigenvalue weighted by molar-refractivity contribution is 7.17. The van der Waals surface area contributed by atoms with E-state index in [-0.39, 0.29) is 0 Å². The monoisotopic (exact) mass is 393 g/mol. The lowest BCUT2D eigenvalue weighted by molar-refractivity contribution is 0.253. The molecule has 0 unspecified atom stereocenters.